The summed E-state index contributed by atoms with van der Waals surface area (Å²) in [5, 5.41) is 0.261. The molecule has 1 aromatic carbocycles. The average Bonchev–Trinajstić information content (AvgIpc) is 2.79. The number of pyridine rings is 1. The van der Waals surface area contributed by atoms with Crippen molar-refractivity contribution in [2.24, 2.45) is 0 Å². The van der Waals surface area contributed by atoms with Crippen LogP contribution in [0, 0.1) is 0 Å². The maximum atomic E-state index is 12.7. The normalized spacial score (nSPS) is 12.0. The zero-order valence-corrected chi connectivity index (χ0v) is 12.0. The van der Waals surface area contributed by atoms with Gasteiger partial charge < -0.3 is 5.73 Å². The fraction of sp³-hybridized carbons (Fsp3) is 0.0769. The summed E-state index contributed by atoms with van der Waals surface area (Å²) in [5.74, 6) is 0. The molecule has 21 heavy (non-hydrogen) atoms. The third-order valence-corrected chi connectivity index (χ3v) is 4.66. The Kier molecular flexibility index (Phi) is 3.50. The largest absolute Gasteiger partial charge is 0.416 e. The molecule has 3 rings (SSSR count). The van der Waals surface area contributed by atoms with Crippen molar-refractivity contribution in [3.63, 3.8) is 0 Å². The maximum Gasteiger partial charge on any atom is 0.416 e. The molecule has 0 atom stereocenters. The highest BCUT2D eigenvalue weighted by Gasteiger charge is 2.30. The van der Waals surface area contributed by atoms with Crippen molar-refractivity contribution in [1.82, 2.24) is 9.97 Å². The molecule has 0 bridgehead atoms. The van der Waals surface area contributed by atoms with Crippen molar-refractivity contribution in [2.75, 3.05) is 5.73 Å². The molecule has 108 valence electrons. The van der Waals surface area contributed by atoms with Gasteiger partial charge in [0, 0.05) is 11.9 Å². The van der Waals surface area contributed by atoms with Crippen LogP contribution in [0.2, 0.25) is 0 Å². The first-order valence-corrected chi connectivity index (χ1v) is 7.42. The zero-order valence-electron chi connectivity index (χ0n) is 10.4. The van der Waals surface area contributed by atoms with Gasteiger partial charge in [0.2, 0.25) is 0 Å². The van der Waals surface area contributed by atoms with Gasteiger partial charge in [-0.25, -0.2) is 9.97 Å². The van der Waals surface area contributed by atoms with E-state index in [9.17, 15) is 13.2 Å². The minimum absolute atomic E-state index is 0.261. The maximum absolute atomic E-state index is 12.7. The first kappa shape index (κ1) is 14.2. The molecule has 0 saturated heterocycles. The van der Waals surface area contributed by atoms with E-state index in [1.165, 1.54) is 11.3 Å². The Morgan fingerprint density at radius 1 is 1.14 bits per heavy atom. The molecular weight excluding hydrogens is 319 g/mol. The minimum Gasteiger partial charge on any atom is -0.399 e. The highest BCUT2D eigenvalue weighted by Crippen LogP contribution is 2.36. The van der Waals surface area contributed by atoms with Crippen LogP contribution in [0.1, 0.15) is 5.56 Å². The van der Waals surface area contributed by atoms with Gasteiger partial charge in [-0.15, -0.1) is 11.3 Å². The summed E-state index contributed by atoms with van der Waals surface area (Å²) < 4.78 is 39.5. The number of fused-ring (bicyclic) bond motifs is 1. The molecule has 0 fully saturated rings. The van der Waals surface area contributed by atoms with E-state index in [0.717, 1.165) is 40.3 Å². The van der Waals surface area contributed by atoms with Crippen LogP contribution in [-0.2, 0) is 6.18 Å². The number of aromatic nitrogens is 2. The summed E-state index contributed by atoms with van der Waals surface area (Å²) in [5.41, 5.74) is 6.36. The molecular formula is C13H8F3N3S2. The molecule has 3 nitrogen and oxygen atoms in total. The van der Waals surface area contributed by atoms with Gasteiger partial charge in [-0.05, 0) is 42.1 Å². The van der Waals surface area contributed by atoms with Crippen molar-refractivity contribution in [2.45, 2.75) is 15.5 Å². The molecule has 0 unspecified atom stereocenters. The summed E-state index contributed by atoms with van der Waals surface area (Å²) in [4.78, 5) is 8.29. The van der Waals surface area contributed by atoms with Crippen LogP contribution in [0.5, 0.6) is 0 Å². The summed E-state index contributed by atoms with van der Waals surface area (Å²) >= 11 is 2.48. The van der Waals surface area contributed by atoms with E-state index in [1.807, 2.05) is 0 Å². The lowest BCUT2D eigenvalue weighted by Crippen LogP contribution is -2.04. The smallest absolute Gasteiger partial charge is 0.399 e. The average molecular weight is 327 g/mol. The van der Waals surface area contributed by atoms with Crippen LogP contribution in [0.15, 0.2) is 45.9 Å². The van der Waals surface area contributed by atoms with Gasteiger partial charge >= 0.3 is 6.18 Å². The van der Waals surface area contributed by atoms with Gasteiger partial charge in [0.1, 0.15) is 5.03 Å². The first-order chi connectivity index (χ1) is 9.91. The number of alkyl halides is 3. The van der Waals surface area contributed by atoms with E-state index in [1.54, 1.807) is 18.2 Å². The quantitative estimate of drug-likeness (QED) is 0.707. The van der Waals surface area contributed by atoms with Gasteiger partial charge in [-0.2, -0.15) is 13.2 Å². The summed E-state index contributed by atoms with van der Waals surface area (Å²) in [7, 11) is 0. The topological polar surface area (TPSA) is 51.8 Å². The standard InChI is InChI=1S/C13H8F3N3S2/c14-13(15,16)7-3-4-18-11(5-7)21-12-19-9-2-1-8(17)6-10(9)20-12/h1-6H,17H2. The number of benzene rings is 1. The van der Waals surface area contributed by atoms with Gasteiger partial charge in [0.25, 0.3) is 0 Å². The molecule has 8 heteroatoms. The number of halogens is 3. The molecule has 0 aliphatic rings. The van der Waals surface area contributed by atoms with Gasteiger partial charge in [-0.1, -0.05) is 0 Å². The second-order valence-electron chi connectivity index (χ2n) is 4.19. The summed E-state index contributed by atoms with van der Waals surface area (Å²) in [6.45, 7) is 0. The van der Waals surface area contributed by atoms with E-state index in [-0.39, 0.29) is 5.03 Å². The van der Waals surface area contributed by atoms with E-state index in [2.05, 4.69) is 9.97 Å². The van der Waals surface area contributed by atoms with E-state index < -0.39 is 11.7 Å². The monoisotopic (exact) mass is 327 g/mol. The number of anilines is 1. The third kappa shape index (κ3) is 3.11. The summed E-state index contributed by atoms with van der Waals surface area (Å²) in [6.07, 6.45) is -3.23. The Morgan fingerprint density at radius 2 is 1.95 bits per heavy atom. The molecule has 0 saturated carbocycles. The van der Waals surface area contributed by atoms with Crippen molar-refractivity contribution in [3.8, 4) is 0 Å². The van der Waals surface area contributed by atoms with Crippen LogP contribution in [0.25, 0.3) is 10.2 Å². The Hall–Kier alpha value is -1.80. The highest BCUT2D eigenvalue weighted by atomic mass is 32.2. The third-order valence-electron chi connectivity index (χ3n) is 2.65. The fourth-order valence-electron chi connectivity index (χ4n) is 1.69. The van der Waals surface area contributed by atoms with Crippen LogP contribution >= 0.6 is 23.1 Å². The molecule has 0 spiro atoms. The lowest BCUT2D eigenvalue weighted by molar-refractivity contribution is -0.137. The molecule has 2 heterocycles. The van der Waals surface area contributed by atoms with Crippen LogP contribution in [0.4, 0.5) is 18.9 Å². The van der Waals surface area contributed by atoms with E-state index in [0.29, 0.717) is 10.0 Å². The van der Waals surface area contributed by atoms with Crippen molar-refractivity contribution in [3.05, 3.63) is 42.1 Å². The second kappa shape index (κ2) is 5.19. The Balaban J connectivity index is 1.91. The number of nitrogen functional groups attached to an aromatic ring is 1. The number of rotatable bonds is 2. The zero-order chi connectivity index (χ0) is 15.0. The van der Waals surface area contributed by atoms with Gasteiger partial charge in [0.05, 0.1) is 15.8 Å². The van der Waals surface area contributed by atoms with Crippen molar-refractivity contribution in [1.29, 1.82) is 0 Å². The number of nitrogens with two attached hydrogens (primary N) is 1. The van der Waals surface area contributed by atoms with Gasteiger partial charge in [0.15, 0.2) is 4.34 Å². The summed E-state index contributed by atoms with van der Waals surface area (Å²) in [6, 6.07) is 7.27. The first-order valence-electron chi connectivity index (χ1n) is 5.79. The molecule has 3 aromatic rings. The Labute approximate surface area is 126 Å². The van der Waals surface area contributed by atoms with Gasteiger partial charge in [-0.3, -0.25) is 0 Å². The van der Waals surface area contributed by atoms with Crippen molar-refractivity contribution >= 4 is 39.0 Å². The molecule has 2 N–H and O–H groups in total. The molecule has 0 radical (unpaired) electrons. The molecule has 0 aliphatic heterocycles. The molecule has 0 amide bonds. The molecule has 0 aliphatic carbocycles. The minimum atomic E-state index is -4.37. The predicted octanol–water partition coefficient (Wildman–Crippen LogP) is 4.44. The fourth-order valence-corrected chi connectivity index (χ4v) is 3.75. The predicted molar refractivity (Wildman–Crippen MR) is 77.4 cm³/mol. The van der Waals surface area contributed by atoms with E-state index in [4.69, 9.17) is 5.73 Å². The lowest BCUT2D eigenvalue weighted by Gasteiger charge is -2.06. The van der Waals surface area contributed by atoms with E-state index >= 15 is 0 Å². The van der Waals surface area contributed by atoms with Crippen molar-refractivity contribution < 1.29 is 13.2 Å². The van der Waals surface area contributed by atoms with Crippen LogP contribution < -0.4 is 5.73 Å². The Morgan fingerprint density at radius 3 is 2.71 bits per heavy atom. The number of hydrogen-bond donors (Lipinski definition) is 1. The van der Waals surface area contributed by atoms with Crippen LogP contribution in [0.3, 0.4) is 0 Å². The Bertz CT molecular complexity index is 799. The van der Waals surface area contributed by atoms with Crippen LogP contribution in [-0.4, -0.2) is 9.97 Å². The lowest BCUT2D eigenvalue weighted by atomic mass is 10.3. The molecule has 2 aromatic heterocycles. The second-order valence-corrected chi connectivity index (χ2v) is 6.49. The number of thiazole rings is 1. The number of nitrogens with zero attached hydrogens (tertiary/aromatic N) is 2. The highest BCUT2D eigenvalue weighted by molar-refractivity contribution is 8.01. The SMILES string of the molecule is Nc1ccc2nc(Sc3cc(C(F)(F)F)ccn3)sc2c1. The number of hydrogen-bond acceptors (Lipinski definition) is 5.